The van der Waals surface area contributed by atoms with Gasteiger partial charge in [-0.05, 0) is 44.0 Å². The SMILES string of the molecule is O=C(/C=C/c1ccccc1[N+](=O)[O-])NC1CN2CCC1CC2. The molecule has 1 unspecified atom stereocenters. The van der Waals surface area contributed by atoms with Crippen LogP contribution in [0.5, 0.6) is 0 Å². The Bertz CT molecular complexity index is 606. The van der Waals surface area contributed by atoms with Gasteiger partial charge in [0, 0.05) is 24.7 Å². The van der Waals surface area contributed by atoms with Crippen molar-refractivity contribution in [2.24, 2.45) is 5.92 Å². The van der Waals surface area contributed by atoms with Crippen molar-refractivity contribution in [3.05, 3.63) is 46.0 Å². The normalized spacial score (nSPS) is 27.0. The molecule has 1 aromatic carbocycles. The van der Waals surface area contributed by atoms with Gasteiger partial charge in [0.2, 0.25) is 5.91 Å². The second-order valence-electron chi connectivity index (χ2n) is 5.90. The van der Waals surface area contributed by atoms with E-state index in [1.165, 1.54) is 18.2 Å². The number of hydrogen-bond acceptors (Lipinski definition) is 4. The number of carbonyl (C=O) groups is 1. The summed E-state index contributed by atoms with van der Waals surface area (Å²) in [4.78, 5) is 24.9. The van der Waals surface area contributed by atoms with Crippen LogP contribution >= 0.6 is 0 Å². The minimum absolute atomic E-state index is 0.00869. The van der Waals surface area contributed by atoms with E-state index in [1.54, 1.807) is 18.2 Å². The van der Waals surface area contributed by atoms with E-state index in [4.69, 9.17) is 0 Å². The number of rotatable bonds is 4. The number of carbonyl (C=O) groups excluding carboxylic acids is 1. The molecule has 1 atom stereocenters. The van der Waals surface area contributed by atoms with Crippen LogP contribution in [0.15, 0.2) is 30.3 Å². The van der Waals surface area contributed by atoms with E-state index in [-0.39, 0.29) is 17.6 Å². The summed E-state index contributed by atoms with van der Waals surface area (Å²) < 4.78 is 0. The van der Waals surface area contributed by atoms with Gasteiger partial charge in [-0.25, -0.2) is 0 Å². The molecule has 0 aromatic heterocycles. The predicted octanol–water partition coefficient (Wildman–Crippen LogP) is 1.82. The van der Waals surface area contributed by atoms with Gasteiger partial charge in [-0.3, -0.25) is 14.9 Å². The molecule has 0 spiro atoms. The number of nitrogens with zero attached hydrogens (tertiary/aromatic N) is 2. The summed E-state index contributed by atoms with van der Waals surface area (Å²) in [5, 5.41) is 14.0. The third-order valence-corrected chi connectivity index (χ3v) is 4.53. The molecule has 3 heterocycles. The van der Waals surface area contributed by atoms with Crippen molar-refractivity contribution < 1.29 is 9.72 Å². The van der Waals surface area contributed by atoms with Crippen molar-refractivity contribution in [1.82, 2.24) is 10.2 Å². The lowest BCUT2D eigenvalue weighted by Gasteiger charge is -2.44. The first-order valence-electron chi connectivity index (χ1n) is 7.58. The summed E-state index contributed by atoms with van der Waals surface area (Å²) in [5.74, 6) is 0.380. The van der Waals surface area contributed by atoms with Crippen molar-refractivity contribution in [2.45, 2.75) is 18.9 Å². The number of benzene rings is 1. The number of para-hydroxylation sites is 1. The molecule has 1 N–H and O–H groups in total. The molecule has 6 heteroatoms. The fourth-order valence-electron chi connectivity index (χ4n) is 3.32. The van der Waals surface area contributed by atoms with E-state index in [2.05, 4.69) is 10.2 Å². The summed E-state index contributed by atoms with van der Waals surface area (Å²) in [5.41, 5.74) is 0.450. The summed E-state index contributed by atoms with van der Waals surface area (Å²) in [6, 6.07) is 6.60. The van der Waals surface area contributed by atoms with Gasteiger partial charge in [-0.15, -0.1) is 0 Å². The maximum atomic E-state index is 12.1. The van der Waals surface area contributed by atoms with Gasteiger partial charge in [0.05, 0.1) is 10.5 Å². The minimum atomic E-state index is -0.440. The third kappa shape index (κ3) is 3.17. The average molecular weight is 301 g/mol. The highest BCUT2D eigenvalue weighted by molar-refractivity contribution is 5.92. The number of nitrogens with one attached hydrogen (secondary N) is 1. The maximum absolute atomic E-state index is 12.1. The zero-order valence-corrected chi connectivity index (χ0v) is 12.3. The minimum Gasteiger partial charge on any atom is -0.348 e. The highest BCUT2D eigenvalue weighted by Crippen LogP contribution is 2.27. The first-order valence-corrected chi connectivity index (χ1v) is 7.58. The molecule has 22 heavy (non-hydrogen) atoms. The van der Waals surface area contributed by atoms with E-state index in [0.29, 0.717) is 11.5 Å². The molecular formula is C16H19N3O3. The first kappa shape index (κ1) is 14.7. The molecule has 1 amide bonds. The monoisotopic (exact) mass is 301 g/mol. The predicted molar refractivity (Wildman–Crippen MR) is 83.2 cm³/mol. The molecule has 0 aliphatic carbocycles. The largest absolute Gasteiger partial charge is 0.348 e. The molecule has 3 fully saturated rings. The quantitative estimate of drug-likeness (QED) is 0.523. The Morgan fingerprint density at radius 2 is 2.05 bits per heavy atom. The average Bonchev–Trinajstić information content (AvgIpc) is 2.54. The smallest absolute Gasteiger partial charge is 0.276 e. The zero-order chi connectivity index (χ0) is 15.5. The topological polar surface area (TPSA) is 75.5 Å². The van der Waals surface area contributed by atoms with Crippen molar-refractivity contribution in [2.75, 3.05) is 19.6 Å². The van der Waals surface area contributed by atoms with Crippen LogP contribution in [0.1, 0.15) is 18.4 Å². The summed E-state index contributed by atoms with van der Waals surface area (Å²) in [6.45, 7) is 3.17. The number of hydrogen-bond donors (Lipinski definition) is 1. The fraction of sp³-hybridized carbons (Fsp3) is 0.438. The van der Waals surface area contributed by atoms with Gasteiger partial charge in [0.1, 0.15) is 0 Å². The van der Waals surface area contributed by atoms with Gasteiger partial charge >= 0.3 is 0 Å². The summed E-state index contributed by atoms with van der Waals surface area (Å²) in [7, 11) is 0. The molecule has 6 nitrogen and oxygen atoms in total. The number of amides is 1. The number of fused-ring (bicyclic) bond motifs is 3. The molecule has 4 rings (SSSR count). The van der Waals surface area contributed by atoms with Gasteiger partial charge in [0.25, 0.3) is 5.69 Å². The molecule has 3 saturated heterocycles. The molecule has 2 bridgehead atoms. The molecule has 116 valence electrons. The first-order chi connectivity index (χ1) is 10.6. The lowest BCUT2D eigenvalue weighted by molar-refractivity contribution is -0.385. The van der Waals surface area contributed by atoms with Crippen LogP contribution in [-0.4, -0.2) is 41.4 Å². The maximum Gasteiger partial charge on any atom is 0.276 e. The molecule has 3 aliphatic heterocycles. The Hall–Kier alpha value is -2.21. The summed E-state index contributed by atoms with van der Waals surface area (Å²) in [6.07, 6.45) is 5.17. The zero-order valence-electron chi connectivity index (χ0n) is 12.3. The lowest BCUT2D eigenvalue weighted by atomic mass is 9.84. The number of piperidine rings is 3. The van der Waals surface area contributed by atoms with Crippen LogP contribution in [0, 0.1) is 16.0 Å². The second kappa shape index (κ2) is 6.27. The highest BCUT2D eigenvalue weighted by Gasteiger charge is 2.34. The van der Waals surface area contributed by atoms with Crippen LogP contribution in [0.2, 0.25) is 0 Å². The Morgan fingerprint density at radius 1 is 1.32 bits per heavy atom. The Labute approximate surface area is 129 Å². The molecule has 3 aliphatic rings. The Kier molecular flexibility index (Phi) is 4.20. The van der Waals surface area contributed by atoms with Crippen molar-refractivity contribution >= 4 is 17.7 Å². The van der Waals surface area contributed by atoms with Crippen molar-refractivity contribution in [1.29, 1.82) is 0 Å². The lowest BCUT2D eigenvalue weighted by Crippen LogP contribution is -2.57. The molecule has 0 radical (unpaired) electrons. The molecule has 1 aromatic rings. The van der Waals surface area contributed by atoms with E-state index in [1.807, 2.05) is 0 Å². The Balaban J connectivity index is 1.63. The number of nitro groups is 1. The van der Waals surface area contributed by atoms with Gasteiger partial charge in [0.15, 0.2) is 0 Å². The van der Waals surface area contributed by atoms with E-state index < -0.39 is 4.92 Å². The molecule has 0 saturated carbocycles. The standard InChI is InChI=1S/C16H19N3O3/c20-16(17-14-11-18-9-7-12(14)8-10-18)6-5-13-3-1-2-4-15(13)19(21)22/h1-6,12,14H,7-11H2,(H,17,20)/b6-5+. The van der Waals surface area contributed by atoms with Gasteiger partial charge < -0.3 is 10.2 Å². The van der Waals surface area contributed by atoms with Crippen molar-refractivity contribution in [3.8, 4) is 0 Å². The second-order valence-corrected chi connectivity index (χ2v) is 5.90. The van der Waals surface area contributed by atoms with E-state index >= 15 is 0 Å². The fourth-order valence-corrected chi connectivity index (χ4v) is 3.32. The van der Waals surface area contributed by atoms with Gasteiger partial charge in [-0.2, -0.15) is 0 Å². The van der Waals surface area contributed by atoms with Crippen LogP contribution < -0.4 is 5.32 Å². The van der Waals surface area contributed by atoms with E-state index in [9.17, 15) is 14.9 Å². The van der Waals surface area contributed by atoms with Crippen LogP contribution in [0.3, 0.4) is 0 Å². The summed E-state index contributed by atoms with van der Waals surface area (Å²) >= 11 is 0. The van der Waals surface area contributed by atoms with Gasteiger partial charge in [-0.1, -0.05) is 12.1 Å². The Morgan fingerprint density at radius 3 is 2.68 bits per heavy atom. The highest BCUT2D eigenvalue weighted by atomic mass is 16.6. The van der Waals surface area contributed by atoms with Crippen LogP contribution in [0.25, 0.3) is 6.08 Å². The third-order valence-electron chi connectivity index (χ3n) is 4.53. The molecular weight excluding hydrogens is 282 g/mol. The van der Waals surface area contributed by atoms with Crippen LogP contribution in [0.4, 0.5) is 5.69 Å². The number of nitro benzene ring substituents is 1. The van der Waals surface area contributed by atoms with Crippen LogP contribution in [-0.2, 0) is 4.79 Å². The van der Waals surface area contributed by atoms with Crippen molar-refractivity contribution in [3.63, 3.8) is 0 Å². The van der Waals surface area contributed by atoms with E-state index in [0.717, 1.165) is 32.5 Å².